The van der Waals surface area contributed by atoms with E-state index in [1.807, 2.05) is 11.8 Å². The molecule has 0 N–H and O–H groups in total. The van der Waals surface area contributed by atoms with Crippen LogP contribution in [-0.2, 0) is 9.53 Å². The maximum atomic E-state index is 12.2. The van der Waals surface area contributed by atoms with Gasteiger partial charge < -0.3 is 4.74 Å². The molecular formula is C15H18N2O4. The Balaban J connectivity index is 2.04. The van der Waals surface area contributed by atoms with E-state index in [0.29, 0.717) is 24.2 Å². The SMILES string of the molecule is CCN(CCC(=O)OC)CN1C(=O)c2ccccc2C1=O. The third kappa shape index (κ3) is 3.11. The highest BCUT2D eigenvalue weighted by Crippen LogP contribution is 2.22. The maximum Gasteiger partial charge on any atom is 0.306 e. The van der Waals surface area contributed by atoms with Gasteiger partial charge in [0.2, 0.25) is 0 Å². The molecule has 112 valence electrons. The molecule has 1 aromatic carbocycles. The minimum Gasteiger partial charge on any atom is -0.469 e. The minimum atomic E-state index is -0.309. The molecule has 1 heterocycles. The summed E-state index contributed by atoms with van der Waals surface area (Å²) in [7, 11) is 1.34. The Kier molecular flexibility index (Phi) is 4.70. The second-order valence-electron chi connectivity index (χ2n) is 4.76. The summed E-state index contributed by atoms with van der Waals surface area (Å²) in [5.74, 6) is -0.880. The molecule has 2 rings (SSSR count). The van der Waals surface area contributed by atoms with E-state index in [9.17, 15) is 14.4 Å². The van der Waals surface area contributed by atoms with Crippen LogP contribution in [0.3, 0.4) is 0 Å². The molecule has 0 fully saturated rings. The summed E-state index contributed by atoms with van der Waals surface area (Å²) in [4.78, 5) is 38.7. The molecule has 21 heavy (non-hydrogen) atoms. The highest BCUT2D eigenvalue weighted by molar-refractivity contribution is 6.21. The lowest BCUT2D eigenvalue weighted by molar-refractivity contribution is -0.141. The summed E-state index contributed by atoms with van der Waals surface area (Å²) in [5.41, 5.74) is 0.873. The number of hydrogen-bond acceptors (Lipinski definition) is 5. The minimum absolute atomic E-state index is 0.180. The number of rotatable bonds is 6. The number of benzene rings is 1. The maximum absolute atomic E-state index is 12.2. The van der Waals surface area contributed by atoms with Crippen molar-refractivity contribution in [3.8, 4) is 0 Å². The molecule has 1 aliphatic rings. The zero-order chi connectivity index (χ0) is 15.4. The van der Waals surface area contributed by atoms with Gasteiger partial charge in [0.15, 0.2) is 0 Å². The molecule has 0 atom stereocenters. The smallest absolute Gasteiger partial charge is 0.306 e. The molecular weight excluding hydrogens is 272 g/mol. The van der Waals surface area contributed by atoms with Gasteiger partial charge in [-0.05, 0) is 18.7 Å². The van der Waals surface area contributed by atoms with Crippen molar-refractivity contribution in [2.24, 2.45) is 0 Å². The lowest BCUT2D eigenvalue weighted by atomic mass is 10.1. The van der Waals surface area contributed by atoms with Gasteiger partial charge in [-0.2, -0.15) is 0 Å². The first-order valence-electron chi connectivity index (χ1n) is 6.82. The summed E-state index contributed by atoms with van der Waals surface area (Å²) >= 11 is 0. The van der Waals surface area contributed by atoms with Gasteiger partial charge in [-0.1, -0.05) is 19.1 Å². The van der Waals surface area contributed by atoms with Crippen molar-refractivity contribution in [1.82, 2.24) is 9.80 Å². The van der Waals surface area contributed by atoms with Crippen molar-refractivity contribution in [2.75, 3.05) is 26.9 Å². The number of fused-ring (bicyclic) bond motifs is 1. The Morgan fingerprint density at radius 2 is 1.76 bits per heavy atom. The lowest BCUT2D eigenvalue weighted by Gasteiger charge is -2.25. The molecule has 1 aromatic rings. The fourth-order valence-corrected chi connectivity index (χ4v) is 2.25. The Morgan fingerprint density at radius 1 is 1.19 bits per heavy atom. The van der Waals surface area contributed by atoms with E-state index in [4.69, 9.17) is 0 Å². The largest absolute Gasteiger partial charge is 0.469 e. The van der Waals surface area contributed by atoms with Gasteiger partial charge in [0.25, 0.3) is 11.8 Å². The third-order valence-corrected chi connectivity index (χ3v) is 3.53. The van der Waals surface area contributed by atoms with Crippen LogP contribution >= 0.6 is 0 Å². The van der Waals surface area contributed by atoms with Crippen molar-refractivity contribution in [1.29, 1.82) is 0 Å². The Morgan fingerprint density at radius 3 is 2.24 bits per heavy atom. The van der Waals surface area contributed by atoms with Crippen molar-refractivity contribution in [3.05, 3.63) is 35.4 Å². The second-order valence-corrected chi connectivity index (χ2v) is 4.76. The Bertz CT molecular complexity index is 536. The molecule has 2 amide bonds. The molecule has 0 unspecified atom stereocenters. The highest BCUT2D eigenvalue weighted by Gasteiger charge is 2.35. The van der Waals surface area contributed by atoms with Gasteiger partial charge in [0.05, 0.1) is 31.3 Å². The number of nitrogens with zero attached hydrogens (tertiary/aromatic N) is 2. The molecule has 1 aliphatic heterocycles. The highest BCUT2D eigenvalue weighted by atomic mass is 16.5. The van der Waals surface area contributed by atoms with Crippen LogP contribution in [0.5, 0.6) is 0 Å². The van der Waals surface area contributed by atoms with Crippen LogP contribution in [0.25, 0.3) is 0 Å². The number of imide groups is 1. The number of ether oxygens (including phenoxy) is 1. The molecule has 0 bridgehead atoms. The van der Waals surface area contributed by atoms with Gasteiger partial charge in [-0.3, -0.25) is 24.2 Å². The summed E-state index contributed by atoms with van der Waals surface area (Å²) in [5, 5.41) is 0. The monoisotopic (exact) mass is 290 g/mol. The van der Waals surface area contributed by atoms with Crippen LogP contribution in [0.1, 0.15) is 34.1 Å². The number of carbonyl (C=O) groups is 3. The predicted molar refractivity (Wildman–Crippen MR) is 75.7 cm³/mol. The summed E-state index contributed by atoms with van der Waals surface area (Å²) < 4.78 is 4.59. The van der Waals surface area contributed by atoms with E-state index >= 15 is 0 Å². The van der Waals surface area contributed by atoms with Crippen molar-refractivity contribution < 1.29 is 19.1 Å². The molecule has 0 aromatic heterocycles. The van der Waals surface area contributed by atoms with Gasteiger partial charge in [0.1, 0.15) is 0 Å². The quantitative estimate of drug-likeness (QED) is 0.580. The molecule has 0 saturated heterocycles. The fraction of sp³-hybridized carbons (Fsp3) is 0.400. The first kappa shape index (κ1) is 15.2. The molecule has 0 radical (unpaired) electrons. The molecule has 0 saturated carbocycles. The van der Waals surface area contributed by atoms with Gasteiger partial charge in [-0.25, -0.2) is 0 Å². The Labute approximate surface area is 123 Å². The van der Waals surface area contributed by atoms with Crippen LogP contribution in [0.4, 0.5) is 0 Å². The number of hydrogen-bond donors (Lipinski definition) is 0. The molecule has 0 aliphatic carbocycles. The van der Waals surface area contributed by atoms with Crippen molar-refractivity contribution in [2.45, 2.75) is 13.3 Å². The van der Waals surface area contributed by atoms with E-state index in [1.165, 1.54) is 12.0 Å². The van der Waals surface area contributed by atoms with E-state index in [2.05, 4.69) is 4.74 Å². The van der Waals surface area contributed by atoms with Crippen molar-refractivity contribution in [3.63, 3.8) is 0 Å². The summed E-state index contributed by atoms with van der Waals surface area (Å²) in [6.45, 7) is 3.16. The molecule has 0 spiro atoms. The number of amides is 2. The van der Waals surface area contributed by atoms with E-state index in [1.54, 1.807) is 24.3 Å². The standard InChI is InChI=1S/C15H18N2O4/c1-3-16(9-8-13(18)21-2)10-17-14(19)11-6-4-5-7-12(11)15(17)20/h4-7H,3,8-10H2,1-2H3. The van der Waals surface area contributed by atoms with Crippen LogP contribution < -0.4 is 0 Å². The fourth-order valence-electron chi connectivity index (χ4n) is 2.25. The summed E-state index contributed by atoms with van der Waals surface area (Å²) in [6, 6.07) is 6.78. The third-order valence-electron chi connectivity index (χ3n) is 3.53. The number of methoxy groups -OCH3 is 1. The number of carbonyl (C=O) groups excluding carboxylic acids is 3. The molecule has 6 heteroatoms. The zero-order valence-electron chi connectivity index (χ0n) is 12.2. The van der Waals surface area contributed by atoms with E-state index in [0.717, 1.165) is 0 Å². The van der Waals surface area contributed by atoms with Crippen LogP contribution in [0.15, 0.2) is 24.3 Å². The lowest BCUT2D eigenvalue weighted by Crippen LogP contribution is -2.42. The zero-order valence-corrected chi connectivity index (χ0v) is 12.2. The Hall–Kier alpha value is -2.21. The van der Waals surface area contributed by atoms with Crippen molar-refractivity contribution >= 4 is 17.8 Å². The number of esters is 1. The average molecular weight is 290 g/mol. The van der Waals surface area contributed by atoms with Gasteiger partial charge in [-0.15, -0.1) is 0 Å². The summed E-state index contributed by atoms with van der Waals surface area (Å²) in [6.07, 6.45) is 0.230. The van der Waals surface area contributed by atoms with Crippen LogP contribution in [0, 0.1) is 0 Å². The van der Waals surface area contributed by atoms with Crippen LogP contribution in [0.2, 0.25) is 0 Å². The van der Waals surface area contributed by atoms with Crippen LogP contribution in [-0.4, -0.2) is 54.5 Å². The van der Waals surface area contributed by atoms with Gasteiger partial charge in [0, 0.05) is 6.54 Å². The predicted octanol–water partition coefficient (Wildman–Crippen LogP) is 1.13. The topological polar surface area (TPSA) is 66.9 Å². The average Bonchev–Trinajstić information content (AvgIpc) is 2.76. The molecule has 6 nitrogen and oxygen atoms in total. The van der Waals surface area contributed by atoms with E-state index in [-0.39, 0.29) is 30.9 Å². The normalized spacial score (nSPS) is 13.8. The van der Waals surface area contributed by atoms with Gasteiger partial charge >= 0.3 is 5.97 Å². The first-order chi connectivity index (χ1) is 10.1. The van der Waals surface area contributed by atoms with E-state index < -0.39 is 0 Å². The first-order valence-corrected chi connectivity index (χ1v) is 6.82. The second kappa shape index (κ2) is 6.49.